The van der Waals surface area contributed by atoms with Crippen molar-refractivity contribution < 1.29 is 14.6 Å². The Kier molecular flexibility index (Phi) is 8.33. The predicted octanol–water partition coefficient (Wildman–Crippen LogP) is 3.34. The number of likely N-dealkylation sites (tertiary alicyclic amines) is 1. The molecule has 1 fully saturated rings. The Morgan fingerprint density at radius 3 is 2.62 bits per heavy atom. The maximum Gasteiger partial charge on any atom is 0.272 e. The quantitative estimate of drug-likeness (QED) is 0.500. The van der Waals surface area contributed by atoms with Crippen LogP contribution in [0.2, 0.25) is 0 Å². The Labute approximate surface area is 155 Å². The van der Waals surface area contributed by atoms with Gasteiger partial charge in [0.1, 0.15) is 22.8 Å². The van der Waals surface area contributed by atoms with E-state index < -0.39 is 5.60 Å². The number of piperidine rings is 1. The van der Waals surface area contributed by atoms with Gasteiger partial charge in [-0.05, 0) is 18.2 Å². The number of aliphatic hydroxyl groups is 1. The molecule has 1 aliphatic heterocycles. The third kappa shape index (κ3) is 5.61. The highest BCUT2D eigenvalue weighted by molar-refractivity contribution is 5.92. The molecule has 0 aromatic carbocycles. The van der Waals surface area contributed by atoms with E-state index in [9.17, 15) is 9.90 Å². The normalized spacial score (nSPS) is 15.8. The van der Waals surface area contributed by atoms with Gasteiger partial charge in [-0.3, -0.25) is 9.78 Å². The fourth-order valence-electron chi connectivity index (χ4n) is 2.37. The van der Waals surface area contributed by atoms with Crippen LogP contribution < -0.4 is 4.74 Å². The van der Waals surface area contributed by atoms with E-state index in [4.69, 9.17) is 11.2 Å². The van der Waals surface area contributed by atoms with E-state index in [1.807, 2.05) is 13.8 Å². The molecule has 1 aromatic heterocycles. The molecule has 5 nitrogen and oxygen atoms in total. The van der Waals surface area contributed by atoms with Gasteiger partial charge in [-0.2, -0.15) is 0 Å². The molecule has 1 aliphatic rings. The highest BCUT2D eigenvalue weighted by Gasteiger charge is 2.32. The van der Waals surface area contributed by atoms with Gasteiger partial charge in [-0.25, -0.2) is 0 Å². The molecule has 0 unspecified atom stereocenters. The largest absolute Gasteiger partial charge is 0.457 e. The minimum atomic E-state index is -1.12. The molecule has 1 N–H and O–H groups in total. The lowest BCUT2D eigenvalue weighted by molar-refractivity contribution is 0.0247. The molecule has 0 aliphatic carbocycles. The number of carbonyl (C=O) groups excluding carboxylic acids is 1. The van der Waals surface area contributed by atoms with Crippen molar-refractivity contribution in [3.8, 4) is 18.1 Å². The number of carbonyl (C=O) groups is 1. The molecule has 5 heteroatoms. The molecule has 1 aromatic rings. The van der Waals surface area contributed by atoms with Crippen LogP contribution in [-0.4, -0.2) is 39.6 Å². The van der Waals surface area contributed by atoms with Crippen molar-refractivity contribution in [1.82, 2.24) is 9.88 Å². The van der Waals surface area contributed by atoms with Crippen LogP contribution in [0.25, 0.3) is 0 Å². The van der Waals surface area contributed by atoms with E-state index in [1.54, 1.807) is 35.3 Å². The summed E-state index contributed by atoms with van der Waals surface area (Å²) in [6, 6.07) is 3.23. The molecule has 1 amide bonds. The number of hydrogen-bond donors (Lipinski definition) is 1. The third-order valence-electron chi connectivity index (χ3n) is 3.82. The molecule has 0 saturated carbocycles. The molecule has 2 heterocycles. The van der Waals surface area contributed by atoms with Crippen LogP contribution in [0, 0.1) is 12.3 Å². The molecule has 2 rings (SSSR count). The van der Waals surface area contributed by atoms with Crippen molar-refractivity contribution in [3.63, 3.8) is 0 Å². The number of allylic oxidation sites excluding steroid dienone is 3. The van der Waals surface area contributed by atoms with Crippen molar-refractivity contribution in [2.75, 3.05) is 13.1 Å². The molecule has 0 atom stereocenters. The summed E-state index contributed by atoms with van der Waals surface area (Å²) in [5.74, 6) is 3.18. The fraction of sp³-hybridized carbons (Fsp3) is 0.333. The van der Waals surface area contributed by atoms with E-state index in [0.717, 1.165) is 0 Å². The summed E-state index contributed by atoms with van der Waals surface area (Å²) in [4.78, 5) is 18.3. The van der Waals surface area contributed by atoms with Gasteiger partial charge in [-0.1, -0.05) is 39.0 Å². The third-order valence-corrected chi connectivity index (χ3v) is 3.82. The van der Waals surface area contributed by atoms with Crippen LogP contribution in [-0.2, 0) is 0 Å². The first-order valence-corrected chi connectivity index (χ1v) is 8.60. The van der Waals surface area contributed by atoms with E-state index in [0.29, 0.717) is 37.4 Å². The molecule has 26 heavy (non-hydrogen) atoms. The number of amides is 1. The highest BCUT2D eigenvalue weighted by atomic mass is 16.5. The summed E-state index contributed by atoms with van der Waals surface area (Å²) in [5.41, 5.74) is -0.843. The second-order valence-electron chi connectivity index (χ2n) is 5.46. The van der Waals surface area contributed by atoms with Crippen LogP contribution in [0.3, 0.4) is 0 Å². The molecular formula is C21H26N2O3. The van der Waals surface area contributed by atoms with Crippen molar-refractivity contribution in [3.05, 3.63) is 61.2 Å². The van der Waals surface area contributed by atoms with Gasteiger partial charge >= 0.3 is 0 Å². The van der Waals surface area contributed by atoms with Gasteiger partial charge in [0, 0.05) is 38.2 Å². The second-order valence-corrected chi connectivity index (χ2v) is 5.46. The lowest BCUT2D eigenvalue weighted by atomic mass is 9.92. The summed E-state index contributed by atoms with van der Waals surface area (Å²) >= 11 is 0. The zero-order valence-corrected chi connectivity index (χ0v) is 15.4. The number of hydrogen-bond acceptors (Lipinski definition) is 4. The van der Waals surface area contributed by atoms with E-state index in [2.05, 4.69) is 24.1 Å². The topological polar surface area (TPSA) is 62.7 Å². The standard InChI is InChI=1S/C19H20N2O3.C2H6/c1-4-7-15(5-2)24-16-8-11-20-17(14-16)18(22)21-12-9-19(23,6-3)10-13-21;1-2/h3-5,7-8,11,14,23H,1-2,9-10,12-13H2;1-2H3/b15-7+;. The van der Waals surface area contributed by atoms with Crippen LogP contribution in [0.4, 0.5) is 0 Å². The lowest BCUT2D eigenvalue weighted by Crippen LogP contribution is -2.46. The van der Waals surface area contributed by atoms with Gasteiger partial charge in [-0.15, -0.1) is 6.42 Å². The number of ether oxygens (including phenoxy) is 1. The Hall–Kier alpha value is -2.84. The van der Waals surface area contributed by atoms with Gasteiger partial charge in [0.05, 0.1) is 0 Å². The van der Waals surface area contributed by atoms with Crippen LogP contribution >= 0.6 is 0 Å². The first-order chi connectivity index (χ1) is 12.5. The van der Waals surface area contributed by atoms with E-state index in [-0.39, 0.29) is 11.6 Å². The summed E-state index contributed by atoms with van der Waals surface area (Å²) in [5, 5.41) is 10.0. The molecule has 138 valence electrons. The average Bonchev–Trinajstić information content (AvgIpc) is 2.69. The molecule has 0 bridgehead atoms. The average molecular weight is 354 g/mol. The zero-order valence-electron chi connectivity index (χ0n) is 15.4. The van der Waals surface area contributed by atoms with Crippen molar-refractivity contribution in [2.45, 2.75) is 32.3 Å². The SMILES string of the molecule is C#CC1(O)CCN(C(=O)c2cc(O/C(C=C)=C/C=C)ccn2)CC1.CC. The number of aromatic nitrogens is 1. The first-order valence-electron chi connectivity index (χ1n) is 8.60. The van der Waals surface area contributed by atoms with Gasteiger partial charge in [0.25, 0.3) is 5.91 Å². The summed E-state index contributed by atoms with van der Waals surface area (Å²) in [6.45, 7) is 12.0. The molecular weight excluding hydrogens is 328 g/mol. The summed E-state index contributed by atoms with van der Waals surface area (Å²) < 4.78 is 5.63. The highest BCUT2D eigenvalue weighted by Crippen LogP contribution is 2.23. The first kappa shape index (κ1) is 21.2. The van der Waals surface area contributed by atoms with Crippen molar-refractivity contribution in [1.29, 1.82) is 0 Å². The number of rotatable bonds is 5. The summed E-state index contributed by atoms with van der Waals surface area (Å²) in [6.07, 6.45) is 12.4. The van der Waals surface area contributed by atoms with E-state index in [1.165, 1.54) is 6.20 Å². The maximum atomic E-state index is 12.6. The lowest BCUT2D eigenvalue weighted by Gasteiger charge is -2.34. The fourth-order valence-corrected chi connectivity index (χ4v) is 2.37. The van der Waals surface area contributed by atoms with Crippen molar-refractivity contribution >= 4 is 5.91 Å². The maximum absolute atomic E-state index is 12.6. The molecule has 0 radical (unpaired) electrons. The number of pyridine rings is 1. The zero-order chi connectivity index (χ0) is 19.6. The Balaban J connectivity index is 0.00000163. The molecule has 1 saturated heterocycles. The van der Waals surface area contributed by atoms with Crippen molar-refractivity contribution in [2.24, 2.45) is 0 Å². The number of nitrogens with zero attached hydrogens (tertiary/aromatic N) is 2. The second kappa shape index (κ2) is 10.2. The minimum absolute atomic E-state index is 0.215. The minimum Gasteiger partial charge on any atom is -0.457 e. The Bertz CT molecular complexity index is 708. The van der Waals surface area contributed by atoms with Gasteiger partial charge in [0.2, 0.25) is 0 Å². The smallest absolute Gasteiger partial charge is 0.272 e. The van der Waals surface area contributed by atoms with Crippen LogP contribution in [0.1, 0.15) is 37.2 Å². The van der Waals surface area contributed by atoms with Gasteiger partial charge < -0.3 is 14.7 Å². The Morgan fingerprint density at radius 2 is 2.08 bits per heavy atom. The number of terminal acetylenes is 1. The summed E-state index contributed by atoms with van der Waals surface area (Å²) in [7, 11) is 0. The van der Waals surface area contributed by atoms with Crippen LogP contribution in [0.15, 0.2) is 55.5 Å². The molecule has 0 spiro atoms. The van der Waals surface area contributed by atoms with E-state index >= 15 is 0 Å². The monoisotopic (exact) mass is 354 g/mol. The van der Waals surface area contributed by atoms with Crippen LogP contribution in [0.5, 0.6) is 5.75 Å². The van der Waals surface area contributed by atoms with Gasteiger partial charge in [0.15, 0.2) is 0 Å². The Morgan fingerprint density at radius 1 is 1.42 bits per heavy atom. The predicted molar refractivity (Wildman–Crippen MR) is 104 cm³/mol.